The van der Waals surface area contributed by atoms with Gasteiger partial charge < -0.3 is 23.8 Å². The van der Waals surface area contributed by atoms with Crippen LogP contribution in [0.25, 0.3) is 0 Å². The lowest BCUT2D eigenvalue weighted by atomic mass is 10.0. The Hall–Kier alpha value is -1.60. The molecular formula is C20H29NO5S. The van der Waals surface area contributed by atoms with Crippen LogP contribution in [0.5, 0.6) is 17.2 Å². The van der Waals surface area contributed by atoms with Crippen LogP contribution in [-0.4, -0.2) is 61.0 Å². The molecule has 7 heteroatoms. The van der Waals surface area contributed by atoms with Crippen molar-refractivity contribution in [2.24, 2.45) is 0 Å². The largest absolute Gasteiger partial charge is 0.490 e. The highest BCUT2D eigenvalue weighted by Gasteiger charge is 2.40. The molecule has 150 valence electrons. The van der Waals surface area contributed by atoms with Crippen LogP contribution in [0.15, 0.2) is 12.1 Å². The molecule has 2 aliphatic heterocycles. The molecule has 0 bridgehead atoms. The molecule has 2 fully saturated rings. The molecule has 0 aliphatic carbocycles. The first-order valence-corrected chi connectivity index (χ1v) is 10.7. The molecule has 2 heterocycles. The van der Waals surface area contributed by atoms with Gasteiger partial charge in [0.25, 0.3) is 5.91 Å². The van der Waals surface area contributed by atoms with Crippen LogP contribution in [0.4, 0.5) is 0 Å². The van der Waals surface area contributed by atoms with E-state index < -0.39 is 0 Å². The fraction of sp³-hybridized carbons (Fsp3) is 0.650. The molecule has 1 aromatic carbocycles. The SMILES string of the molecule is CCOc1cc(C(=O)N2CCC3(CC2)OCCS3)cc(OCC)c1OCC. The van der Waals surface area contributed by atoms with E-state index in [0.717, 1.165) is 25.2 Å². The third kappa shape index (κ3) is 4.46. The zero-order valence-electron chi connectivity index (χ0n) is 16.4. The Kier molecular flexibility index (Phi) is 6.76. The number of amides is 1. The molecule has 2 aliphatic rings. The fourth-order valence-corrected chi connectivity index (χ4v) is 4.71. The van der Waals surface area contributed by atoms with Crippen LogP contribution in [0.1, 0.15) is 44.0 Å². The highest BCUT2D eigenvalue weighted by Crippen LogP contribution is 2.43. The second-order valence-corrected chi connectivity index (χ2v) is 7.94. The topological polar surface area (TPSA) is 57.2 Å². The van der Waals surface area contributed by atoms with E-state index in [0.29, 0.717) is 55.7 Å². The quantitative estimate of drug-likeness (QED) is 0.703. The average molecular weight is 396 g/mol. The van der Waals surface area contributed by atoms with E-state index in [9.17, 15) is 4.79 Å². The zero-order chi connectivity index (χ0) is 19.3. The van der Waals surface area contributed by atoms with Crippen LogP contribution in [0, 0.1) is 0 Å². The molecule has 6 nitrogen and oxygen atoms in total. The lowest BCUT2D eigenvalue weighted by molar-refractivity contribution is 0.00350. The maximum atomic E-state index is 13.1. The Morgan fingerprint density at radius 2 is 1.67 bits per heavy atom. The number of likely N-dealkylation sites (tertiary alicyclic amines) is 1. The average Bonchev–Trinajstić information content (AvgIpc) is 3.12. The van der Waals surface area contributed by atoms with Gasteiger partial charge in [-0.2, -0.15) is 0 Å². The minimum Gasteiger partial charge on any atom is -0.490 e. The Morgan fingerprint density at radius 1 is 1.07 bits per heavy atom. The van der Waals surface area contributed by atoms with E-state index in [1.54, 1.807) is 12.1 Å². The molecule has 0 unspecified atom stereocenters. The minimum absolute atomic E-state index is 0.00204. The van der Waals surface area contributed by atoms with Crippen molar-refractivity contribution in [3.63, 3.8) is 0 Å². The summed E-state index contributed by atoms with van der Waals surface area (Å²) in [7, 11) is 0. The van der Waals surface area contributed by atoms with Gasteiger partial charge in [0.15, 0.2) is 11.5 Å². The number of rotatable bonds is 7. The molecule has 1 amide bonds. The van der Waals surface area contributed by atoms with E-state index >= 15 is 0 Å². The number of hydrogen-bond donors (Lipinski definition) is 0. The molecule has 1 aromatic rings. The summed E-state index contributed by atoms with van der Waals surface area (Å²) in [4.78, 5) is 14.9. The van der Waals surface area contributed by atoms with Gasteiger partial charge in [-0.3, -0.25) is 4.79 Å². The van der Waals surface area contributed by atoms with Gasteiger partial charge >= 0.3 is 0 Å². The van der Waals surface area contributed by atoms with E-state index in [2.05, 4.69) is 0 Å². The molecular weight excluding hydrogens is 366 g/mol. The van der Waals surface area contributed by atoms with Gasteiger partial charge in [0.1, 0.15) is 4.93 Å². The first-order valence-electron chi connectivity index (χ1n) is 9.76. The Balaban J connectivity index is 1.81. The van der Waals surface area contributed by atoms with Crippen molar-refractivity contribution in [3.05, 3.63) is 17.7 Å². The molecule has 2 saturated heterocycles. The maximum Gasteiger partial charge on any atom is 0.254 e. The first-order chi connectivity index (χ1) is 13.1. The van der Waals surface area contributed by atoms with Crippen molar-refractivity contribution in [3.8, 4) is 17.2 Å². The summed E-state index contributed by atoms with van der Waals surface area (Å²) < 4.78 is 23.1. The summed E-state index contributed by atoms with van der Waals surface area (Å²) in [6, 6.07) is 3.54. The highest BCUT2D eigenvalue weighted by molar-refractivity contribution is 8.00. The molecule has 0 radical (unpaired) electrons. The molecule has 3 rings (SSSR count). The lowest BCUT2D eigenvalue weighted by Crippen LogP contribution is -2.45. The fourth-order valence-electron chi connectivity index (χ4n) is 3.53. The van der Waals surface area contributed by atoms with Crippen LogP contribution in [0.3, 0.4) is 0 Å². The second-order valence-electron chi connectivity index (χ2n) is 6.50. The summed E-state index contributed by atoms with van der Waals surface area (Å²) in [5.41, 5.74) is 0.571. The summed E-state index contributed by atoms with van der Waals surface area (Å²) in [5.74, 6) is 2.71. The Labute approximate surface area is 165 Å². The normalized spacial score (nSPS) is 18.6. The number of hydrogen-bond acceptors (Lipinski definition) is 6. The second kappa shape index (κ2) is 9.06. The number of ether oxygens (including phenoxy) is 4. The monoisotopic (exact) mass is 395 g/mol. The summed E-state index contributed by atoms with van der Waals surface area (Å²) in [5, 5.41) is 0. The molecule has 1 spiro atoms. The summed E-state index contributed by atoms with van der Waals surface area (Å²) in [6.45, 7) is 9.43. The van der Waals surface area contributed by atoms with Gasteiger partial charge in [-0.05, 0) is 32.9 Å². The van der Waals surface area contributed by atoms with Crippen LogP contribution in [-0.2, 0) is 4.74 Å². The van der Waals surface area contributed by atoms with Crippen LogP contribution in [0.2, 0.25) is 0 Å². The van der Waals surface area contributed by atoms with E-state index in [-0.39, 0.29) is 10.8 Å². The third-order valence-corrected chi connectivity index (χ3v) is 6.21. The minimum atomic E-state index is -0.0808. The molecule has 27 heavy (non-hydrogen) atoms. The smallest absolute Gasteiger partial charge is 0.254 e. The lowest BCUT2D eigenvalue weighted by Gasteiger charge is -2.38. The van der Waals surface area contributed by atoms with Crippen molar-refractivity contribution >= 4 is 17.7 Å². The number of nitrogens with zero attached hydrogens (tertiary/aromatic N) is 1. The number of carbonyl (C=O) groups is 1. The molecule has 0 saturated carbocycles. The number of benzene rings is 1. The van der Waals surface area contributed by atoms with Crippen molar-refractivity contribution in [2.45, 2.75) is 38.5 Å². The predicted octanol–water partition coefficient (Wildman–Crippen LogP) is 3.58. The van der Waals surface area contributed by atoms with Crippen LogP contribution < -0.4 is 14.2 Å². The number of carbonyl (C=O) groups excluding carboxylic acids is 1. The van der Waals surface area contributed by atoms with Gasteiger partial charge in [-0.25, -0.2) is 0 Å². The molecule has 0 N–H and O–H groups in total. The van der Waals surface area contributed by atoms with Crippen molar-refractivity contribution < 1.29 is 23.7 Å². The Bertz CT molecular complexity index is 623. The maximum absolute atomic E-state index is 13.1. The number of piperidine rings is 1. The van der Waals surface area contributed by atoms with Gasteiger partial charge in [-0.15, -0.1) is 11.8 Å². The van der Waals surface area contributed by atoms with Gasteiger partial charge in [0.2, 0.25) is 5.75 Å². The van der Waals surface area contributed by atoms with Gasteiger partial charge in [0, 0.05) is 37.2 Å². The molecule has 0 aromatic heterocycles. The summed E-state index contributed by atoms with van der Waals surface area (Å²) >= 11 is 1.88. The third-order valence-electron chi connectivity index (χ3n) is 4.78. The number of thioether (sulfide) groups is 1. The zero-order valence-corrected chi connectivity index (χ0v) is 17.2. The van der Waals surface area contributed by atoms with Gasteiger partial charge in [0.05, 0.1) is 26.4 Å². The van der Waals surface area contributed by atoms with Crippen molar-refractivity contribution in [1.29, 1.82) is 0 Å². The van der Waals surface area contributed by atoms with Crippen molar-refractivity contribution in [2.75, 3.05) is 45.3 Å². The molecule has 0 atom stereocenters. The Morgan fingerprint density at radius 3 is 2.15 bits per heavy atom. The van der Waals surface area contributed by atoms with E-state index in [1.165, 1.54) is 0 Å². The van der Waals surface area contributed by atoms with E-state index in [1.807, 2.05) is 37.4 Å². The van der Waals surface area contributed by atoms with Gasteiger partial charge in [-0.1, -0.05) is 0 Å². The predicted molar refractivity (Wildman–Crippen MR) is 106 cm³/mol. The first kappa shape index (κ1) is 20.1. The standard InChI is InChI=1S/C20H29NO5S/c1-4-23-16-13-15(14-17(24-5-2)18(16)25-6-3)19(22)21-9-7-20(8-10-21)26-11-12-27-20/h13-14H,4-12H2,1-3H3. The highest BCUT2D eigenvalue weighted by atomic mass is 32.2. The van der Waals surface area contributed by atoms with Crippen molar-refractivity contribution in [1.82, 2.24) is 4.90 Å². The summed E-state index contributed by atoms with van der Waals surface area (Å²) in [6.07, 6.45) is 1.74. The van der Waals surface area contributed by atoms with E-state index in [4.69, 9.17) is 18.9 Å². The van der Waals surface area contributed by atoms with Crippen LogP contribution >= 0.6 is 11.8 Å².